The highest BCUT2D eigenvalue weighted by Crippen LogP contribution is 2.40. The van der Waals surface area contributed by atoms with Crippen LogP contribution in [0.4, 0.5) is 5.69 Å². The fourth-order valence-corrected chi connectivity index (χ4v) is 3.29. The van der Waals surface area contributed by atoms with Gasteiger partial charge in [-0.25, -0.2) is 0 Å². The number of hydrogen-bond donors (Lipinski definition) is 2. The second-order valence-corrected chi connectivity index (χ2v) is 7.19. The smallest absolute Gasteiger partial charge is 0.224 e. The topological polar surface area (TPSA) is 64.3 Å². The summed E-state index contributed by atoms with van der Waals surface area (Å²) in [6.45, 7) is 6.03. The maximum absolute atomic E-state index is 12.3. The Hall–Kier alpha value is -1.36. The number of thioether (sulfide) groups is 1. The Balaban J connectivity index is 2.23. The fraction of sp³-hybridized carbons (Fsp3) is 0.562. The first-order valence-corrected chi connectivity index (χ1v) is 8.59. The average molecular weight is 308 g/mol. The van der Waals surface area contributed by atoms with E-state index in [4.69, 9.17) is 10.5 Å². The lowest BCUT2D eigenvalue weighted by atomic mass is 9.89. The first kappa shape index (κ1) is 16.0. The van der Waals surface area contributed by atoms with Crippen LogP contribution in [0.5, 0.6) is 5.75 Å². The maximum atomic E-state index is 12.3. The zero-order chi connectivity index (χ0) is 15.6. The monoisotopic (exact) mass is 308 g/mol. The molecule has 2 atom stereocenters. The Labute approximate surface area is 130 Å². The Bertz CT molecular complexity index is 531. The lowest BCUT2D eigenvalue weighted by Crippen LogP contribution is -2.42. The van der Waals surface area contributed by atoms with Crippen LogP contribution < -0.4 is 15.8 Å². The number of ether oxygens (including phenoxy) is 1. The predicted molar refractivity (Wildman–Crippen MR) is 88.6 cm³/mol. The molecule has 1 aliphatic rings. The molecule has 0 spiro atoms. The SMILES string of the molecule is CSCC(C)C(=O)NC1CC(C)(C)Oc2ccc(N)cc21. The van der Waals surface area contributed by atoms with E-state index in [9.17, 15) is 4.79 Å². The van der Waals surface area contributed by atoms with E-state index in [1.165, 1.54) is 0 Å². The third-order valence-electron chi connectivity index (χ3n) is 3.67. The number of nitrogens with two attached hydrogens (primary N) is 1. The molecule has 1 amide bonds. The van der Waals surface area contributed by atoms with Crippen LogP contribution in [0.15, 0.2) is 18.2 Å². The second kappa shape index (κ2) is 6.18. The highest BCUT2D eigenvalue weighted by molar-refractivity contribution is 7.98. The van der Waals surface area contributed by atoms with Crippen LogP contribution in [0.2, 0.25) is 0 Å². The van der Waals surface area contributed by atoms with Crippen molar-refractivity contribution >= 4 is 23.4 Å². The summed E-state index contributed by atoms with van der Waals surface area (Å²) in [6.07, 6.45) is 2.75. The Kier molecular flexibility index (Phi) is 4.71. The molecule has 1 aromatic carbocycles. The Morgan fingerprint density at radius 2 is 2.29 bits per heavy atom. The number of hydrogen-bond acceptors (Lipinski definition) is 4. The lowest BCUT2D eigenvalue weighted by molar-refractivity contribution is -0.125. The van der Waals surface area contributed by atoms with E-state index in [-0.39, 0.29) is 23.5 Å². The molecule has 5 heteroatoms. The van der Waals surface area contributed by atoms with Crippen LogP contribution in [-0.2, 0) is 4.79 Å². The number of carbonyl (C=O) groups excluding carboxylic acids is 1. The number of fused-ring (bicyclic) bond motifs is 1. The van der Waals surface area contributed by atoms with Crippen molar-refractivity contribution in [2.75, 3.05) is 17.7 Å². The number of carbonyl (C=O) groups is 1. The molecule has 0 bridgehead atoms. The standard InChI is InChI=1S/C16H24N2O2S/c1-10(9-21-4)15(19)18-13-8-16(2,3)20-14-6-5-11(17)7-12(13)14/h5-7,10,13H,8-9,17H2,1-4H3,(H,18,19). The summed E-state index contributed by atoms with van der Waals surface area (Å²) < 4.78 is 5.98. The molecule has 1 heterocycles. The zero-order valence-corrected chi connectivity index (χ0v) is 13.9. The van der Waals surface area contributed by atoms with Gasteiger partial charge >= 0.3 is 0 Å². The van der Waals surface area contributed by atoms with Crippen molar-refractivity contribution < 1.29 is 9.53 Å². The zero-order valence-electron chi connectivity index (χ0n) is 13.1. The van der Waals surface area contributed by atoms with Crippen LogP contribution >= 0.6 is 11.8 Å². The quantitative estimate of drug-likeness (QED) is 0.839. The minimum atomic E-state index is -0.302. The minimum absolute atomic E-state index is 0.00420. The third-order valence-corrected chi connectivity index (χ3v) is 4.51. The molecule has 2 unspecified atom stereocenters. The van der Waals surface area contributed by atoms with E-state index in [1.54, 1.807) is 11.8 Å². The van der Waals surface area contributed by atoms with Crippen molar-refractivity contribution in [3.8, 4) is 5.75 Å². The Morgan fingerprint density at radius 1 is 1.57 bits per heavy atom. The molecule has 1 aromatic rings. The lowest BCUT2D eigenvalue weighted by Gasteiger charge is -2.38. The molecule has 0 saturated carbocycles. The summed E-state index contributed by atoms with van der Waals surface area (Å²) in [4.78, 5) is 12.3. The van der Waals surface area contributed by atoms with Crippen LogP contribution in [-0.4, -0.2) is 23.5 Å². The van der Waals surface area contributed by atoms with Crippen molar-refractivity contribution in [3.05, 3.63) is 23.8 Å². The van der Waals surface area contributed by atoms with Gasteiger partial charge in [-0.05, 0) is 38.3 Å². The molecule has 0 aromatic heterocycles. The molecule has 3 N–H and O–H groups in total. The molecular weight excluding hydrogens is 284 g/mol. The average Bonchev–Trinajstić information content (AvgIpc) is 2.39. The molecule has 0 saturated heterocycles. The van der Waals surface area contributed by atoms with Gasteiger partial charge in [0, 0.05) is 29.3 Å². The van der Waals surface area contributed by atoms with Gasteiger partial charge < -0.3 is 15.8 Å². The highest BCUT2D eigenvalue weighted by atomic mass is 32.2. The van der Waals surface area contributed by atoms with Crippen molar-refractivity contribution in [3.63, 3.8) is 0 Å². The van der Waals surface area contributed by atoms with Gasteiger partial charge in [0.2, 0.25) is 5.91 Å². The van der Waals surface area contributed by atoms with Crippen LogP contribution in [0.3, 0.4) is 0 Å². The maximum Gasteiger partial charge on any atom is 0.224 e. The van der Waals surface area contributed by atoms with Crippen molar-refractivity contribution in [1.29, 1.82) is 0 Å². The van der Waals surface area contributed by atoms with Gasteiger partial charge in [-0.2, -0.15) is 11.8 Å². The number of rotatable bonds is 4. The molecule has 0 radical (unpaired) electrons. The van der Waals surface area contributed by atoms with Gasteiger partial charge in [0.25, 0.3) is 0 Å². The van der Waals surface area contributed by atoms with Crippen LogP contribution in [0.1, 0.15) is 38.8 Å². The van der Waals surface area contributed by atoms with Gasteiger partial charge in [-0.3, -0.25) is 4.79 Å². The Morgan fingerprint density at radius 3 is 2.95 bits per heavy atom. The van der Waals surface area contributed by atoms with Gasteiger partial charge in [-0.1, -0.05) is 6.92 Å². The summed E-state index contributed by atoms with van der Waals surface area (Å²) in [7, 11) is 0. The fourth-order valence-electron chi connectivity index (χ4n) is 2.64. The van der Waals surface area contributed by atoms with Crippen LogP contribution in [0, 0.1) is 5.92 Å². The van der Waals surface area contributed by atoms with Crippen molar-refractivity contribution in [1.82, 2.24) is 5.32 Å². The van der Waals surface area contributed by atoms with Gasteiger partial charge in [-0.15, -0.1) is 0 Å². The highest BCUT2D eigenvalue weighted by Gasteiger charge is 2.35. The molecule has 1 aliphatic heterocycles. The van der Waals surface area contributed by atoms with E-state index < -0.39 is 0 Å². The summed E-state index contributed by atoms with van der Waals surface area (Å²) in [5.74, 6) is 1.71. The molecule has 4 nitrogen and oxygen atoms in total. The van der Waals surface area contributed by atoms with E-state index >= 15 is 0 Å². The van der Waals surface area contributed by atoms with E-state index in [0.717, 1.165) is 23.5 Å². The molecule has 2 rings (SSSR count). The van der Waals surface area contributed by atoms with Gasteiger partial charge in [0.1, 0.15) is 11.4 Å². The molecule has 116 valence electrons. The number of nitrogen functional groups attached to an aromatic ring is 1. The first-order chi connectivity index (χ1) is 9.82. The minimum Gasteiger partial charge on any atom is -0.487 e. The largest absolute Gasteiger partial charge is 0.487 e. The van der Waals surface area contributed by atoms with E-state index in [0.29, 0.717) is 5.69 Å². The molecule has 0 aliphatic carbocycles. The van der Waals surface area contributed by atoms with E-state index in [2.05, 4.69) is 5.32 Å². The van der Waals surface area contributed by atoms with Crippen LogP contribution in [0.25, 0.3) is 0 Å². The predicted octanol–water partition coefficient (Wildman–Crippen LogP) is 2.99. The van der Waals surface area contributed by atoms with Crippen molar-refractivity contribution in [2.45, 2.75) is 38.8 Å². The van der Waals surface area contributed by atoms with E-state index in [1.807, 2.05) is 45.2 Å². The number of nitrogens with one attached hydrogen (secondary N) is 1. The summed E-state index contributed by atoms with van der Waals surface area (Å²) in [5, 5.41) is 3.15. The van der Waals surface area contributed by atoms with Crippen molar-refractivity contribution in [2.24, 2.45) is 5.92 Å². The molecular formula is C16H24N2O2S. The van der Waals surface area contributed by atoms with Gasteiger partial charge in [0.15, 0.2) is 0 Å². The normalized spacial score (nSPS) is 21.0. The molecule has 0 fully saturated rings. The number of amides is 1. The number of anilines is 1. The van der Waals surface area contributed by atoms with Gasteiger partial charge in [0.05, 0.1) is 6.04 Å². The second-order valence-electron chi connectivity index (χ2n) is 6.28. The third kappa shape index (κ3) is 3.84. The summed E-state index contributed by atoms with van der Waals surface area (Å²) >= 11 is 1.68. The first-order valence-electron chi connectivity index (χ1n) is 7.20. The summed E-state index contributed by atoms with van der Waals surface area (Å²) in [5.41, 5.74) is 7.24. The molecule has 21 heavy (non-hydrogen) atoms. The number of benzene rings is 1. The summed E-state index contributed by atoms with van der Waals surface area (Å²) in [6, 6.07) is 5.56.